The number of hydrogen-bond donors (Lipinski definition) is 1. The van der Waals surface area contributed by atoms with Gasteiger partial charge in [-0.1, -0.05) is 34.1 Å². The lowest BCUT2D eigenvalue weighted by molar-refractivity contribution is 0.922. The quantitative estimate of drug-likeness (QED) is 0.856. The Bertz CT molecular complexity index is 305. The molecule has 1 aromatic carbocycles. The lowest BCUT2D eigenvalue weighted by Crippen LogP contribution is -2.03. The highest BCUT2D eigenvalue weighted by atomic mass is 79.9. The van der Waals surface area contributed by atoms with Gasteiger partial charge in [0.25, 0.3) is 0 Å². The van der Waals surface area contributed by atoms with Gasteiger partial charge >= 0.3 is 0 Å². The van der Waals surface area contributed by atoms with Gasteiger partial charge in [0, 0.05) is 11.0 Å². The molecule has 0 saturated heterocycles. The standard InChI is InChI=1S/C11H14BrN/c1-9-8-11(12)6-5-10(9)4-3-7-13-2/h3-6,8,13H,7H2,1-2H3/b4-3+. The second kappa shape index (κ2) is 5.20. The highest BCUT2D eigenvalue weighted by Gasteiger charge is 1.93. The average molecular weight is 240 g/mol. The Labute approximate surface area is 88.0 Å². The smallest absolute Gasteiger partial charge is 0.0178 e. The van der Waals surface area contributed by atoms with E-state index < -0.39 is 0 Å². The van der Waals surface area contributed by atoms with Crippen molar-refractivity contribution >= 4 is 22.0 Å². The summed E-state index contributed by atoms with van der Waals surface area (Å²) >= 11 is 3.44. The largest absolute Gasteiger partial charge is 0.316 e. The van der Waals surface area contributed by atoms with E-state index in [1.54, 1.807) is 0 Å². The summed E-state index contributed by atoms with van der Waals surface area (Å²) in [5, 5.41) is 3.07. The molecule has 0 saturated carbocycles. The van der Waals surface area contributed by atoms with Crippen molar-refractivity contribution in [1.29, 1.82) is 0 Å². The van der Waals surface area contributed by atoms with Crippen LogP contribution in [-0.4, -0.2) is 13.6 Å². The molecule has 0 heterocycles. The van der Waals surface area contributed by atoms with Crippen LogP contribution in [0.2, 0.25) is 0 Å². The van der Waals surface area contributed by atoms with Crippen molar-refractivity contribution in [1.82, 2.24) is 5.32 Å². The van der Waals surface area contributed by atoms with E-state index in [9.17, 15) is 0 Å². The number of hydrogen-bond acceptors (Lipinski definition) is 1. The van der Waals surface area contributed by atoms with Gasteiger partial charge in [-0.2, -0.15) is 0 Å². The molecule has 13 heavy (non-hydrogen) atoms. The molecule has 0 bridgehead atoms. The number of aryl methyl sites for hydroxylation is 1. The summed E-state index contributed by atoms with van der Waals surface area (Å²) in [6.07, 6.45) is 4.26. The zero-order valence-corrected chi connectivity index (χ0v) is 9.56. The molecule has 0 spiro atoms. The zero-order valence-electron chi connectivity index (χ0n) is 7.97. The van der Waals surface area contributed by atoms with E-state index in [0.29, 0.717) is 0 Å². The summed E-state index contributed by atoms with van der Waals surface area (Å²) in [7, 11) is 1.94. The monoisotopic (exact) mass is 239 g/mol. The molecule has 1 rings (SSSR count). The van der Waals surface area contributed by atoms with Crippen LogP contribution in [-0.2, 0) is 0 Å². The third-order valence-electron chi connectivity index (χ3n) is 1.85. The molecule has 1 nitrogen and oxygen atoms in total. The lowest BCUT2D eigenvalue weighted by atomic mass is 10.1. The van der Waals surface area contributed by atoms with Crippen LogP contribution in [0.4, 0.5) is 0 Å². The molecule has 0 aliphatic heterocycles. The van der Waals surface area contributed by atoms with Crippen LogP contribution in [0, 0.1) is 6.92 Å². The van der Waals surface area contributed by atoms with Crippen molar-refractivity contribution in [3.05, 3.63) is 39.9 Å². The minimum atomic E-state index is 0.912. The predicted molar refractivity (Wildman–Crippen MR) is 61.8 cm³/mol. The first-order valence-electron chi connectivity index (χ1n) is 4.31. The lowest BCUT2D eigenvalue weighted by Gasteiger charge is -2.00. The van der Waals surface area contributed by atoms with Crippen LogP contribution >= 0.6 is 15.9 Å². The Balaban J connectivity index is 2.77. The van der Waals surface area contributed by atoms with Crippen LogP contribution in [0.25, 0.3) is 6.08 Å². The van der Waals surface area contributed by atoms with Crippen LogP contribution in [0.3, 0.4) is 0 Å². The van der Waals surface area contributed by atoms with Crippen molar-refractivity contribution in [2.24, 2.45) is 0 Å². The topological polar surface area (TPSA) is 12.0 Å². The van der Waals surface area contributed by atoms with Crippen molar-refractivity contribution in [3.63, 3.8) is 0 Å². The molecule has 0 fully saturated rings. The van der Waals surface area contributed by atoms with E-state index in [-0.39, 0.29) is 0 Å². The predicted octanol–water partition coefficient (Wildman–Crippen LogP) is 2.99. The fraction of sp³-hybridized carbons (Fsp3) is 0.273. The minimum Gasteiger partial charge on any atom is -0.316 e. The first-order chi connectivity index (χ1) is 6.24. The zero-order chi connectivity index (χ0) is 9.68. The Morgan fingerprint density at radius 2 is 2.23 bits per heavy atom. The second-order valence-electron chi connectivity index (χ2n) is 2.96. The maximum atomic E-state index is 3.44. The SMILES string of the molecule is CNC/C=C/c1ccc(Br)cc1C. The summed E-state index contributed by atoms with van der Waals surface area (Å²) in [4.78, 5) is 0. The molecular formula is C11H14BrN. The minimum absolute atomic E-state index is 0.912. The molecule has 0 aromatic heterocycles. The maximum Gasteiger partial charge on any atom is 0.0178 e. The Kier molecular flexibility index (Phi) is 4.19. The fourth-order valence-corrected chi connectivity index (χ4v) is 1.61. The van der Waals surface area contributed by atoms with Gasteiger partial charge in [0.15, 0.2) is 0 Å². The highest BCUT2D eigenvalue weighted by Crippen LogP contribution is 2.16. The van der Waals surface area contributed by atoms with Crippen molar-refractivity contribution < 1.29 is 0 Å². The molecule has 0 atom stereocenters. The van der Waals surface area contributed by atoms with E-state index in [0.717, 1.165) is 11.0 Å². The second-order valence-corrected chi connectivity index (χ2v) is 3.88. The third kappa shape index (κ3) is 3.33. The number of rotatable bonds is 3. The van der Waals surface area contributed by atoms with Crippen LogP contribution in [0.15, 0.2) is 28.7 Å². The molecule has 0 radical (unpaired) electrons. The number of benzene rings is 1. The van der Waals surface area contributed by atoms with Crippen molar-refractivity contribution in [2.45, 2.75) is 6.92 Å². The Morgan fingerprint density at radius 1 is 1.46 bits per heavy atom. The molecular weight excluding hydrogens is 226 g/mol. The van der Waals surface area contributed by atoms with E-state index in [1.807, 2.05) is 7.05 Å². The van der Waals surface area contributed by atoms with Gasteiger partial charge < -0.3 is 5.32 Å². The molecule has 2 heteroatoms. The van der Waals surface area contributed by atoms with E-state index in [4.69, 9.17) is 0 Å². The normalized spacial score (nSPS) is 11.0. The van der Waals surface area contributed by atoms with E-state index in [2.05, 4.69) is 58.5 Å². The highest BCUT2D eigenvalue weighted by molar-refractivity contribution is 9.10. The molecule has 70 valence electrons. The maximum absolute atomic E-state index is 3.44. The molecule has 0 aliphatic carbocycles. The van der Waals surface area contributed by atoms with Gasteiger partial charge in [-0.25, -0.2) is 0 Å². The van der Waals surface area contributed by atoms with Gasteiger partial charge in [0.05, 0.1) is 0 Å². The molecule has 0 aliphatic rings. The third-order valence-corrected chi connectivity index (χ3v) is 2.34. The van der Waals surface area contributed by atoms with E-state index >= 15 is 0 Å². The summed E-state index contributed by atoms with van der Waals surface area (Å²) < 4.78 is 1.13. The first-order valence-corrected chi connectivity index (χ1v) is 5.10. The van der Waals surface area contributed by atoms with Crippen molar-refractivity contribution in [2.75, 3.05) is 13.6 Å². The van der Waals surface area contributed by atoms with Crippen LogP contribution < -0.4 is 5.32 Å². The fourth-order valence-electron chi connectivity index (χ4n) is 1.13. The number of nitrogens with one attached hydrogen (secondary N) is 1. The van der Waals surface area contributed by atoms with Gasteiger partial charge in [0.2, 0.25) is 0 Å². The molecule has 1 aromatic rings. The summed E-state index contributed by atoms with van der Waals surface area (Å²) in [5.41, 5.74) is 2.57. The molecule has 0 amide bonds. The van der Waals surface area contributed by atoms with Crippen molar-refractivity contribution in [3.8, 4) is 0 Å². The number of halogens is 1. The van der Waals surface area contributed by atoms with Gasteiger partial charge in [-0.3, -0.25) is 0 Å². The number of likely N-dealkylation sites (N-methyl/N-ethyl adjacent to an activating group) is 1. The van der Waals surface area contributed by atoms with Gasteiger partial charge in [0.1, 0.15) is 0 Å². The molecule has 1 N–H and O–H groups in total. The van der Waals surface area contributed by atoms with Crippen LogP contribution in [0.1, 0.15) is 11.1 Å². The average Bonchev–Trinajstić information content (AvgIpc) is 2.09. The molecule has 0 unspecified atom stereocenters. The Morgan fingerprint density at radius 3 is 2.85 bits per heavy atom. The first kappa shape index (κ1) is 10.5. The van der Waals surface area contributed by atoms with Gasteiger partial charge in [-0.05, 0) is 37.2 Å². The van der Waals surface area contributed by atoms with E-state index in [1.165, 1.54) is 11.1 Å². The summed E-state index contributed by atoms with van der Waals surface area (Å²) in [6.45, 7) is 3.03. The summed E-state index contributed by atoms with van der Waals surface area (Å²) in [5.74, 6) is 0. The van der Waals surface area contributed by atoms with Gasteiger partial charge in [-0.15, -0.1) is 0 Å². The Hall–Kier alpha value is -0.600. The summed E-state index contributed by atoms with van der Waals surface area (Å²) in [6, 6.07) is 6.30. The van der Waals surface area contributed by atoms with Crippen LogP contribution in [0.5, 0.6) is 0 Å².